The van der Waals surface area contributed by atoms with E-state index in [-0.39, 0.29) is 11.3 Å². The molecular formula is C13H7Cl5N2O2S. The molecule has 0 radical (unpaired) electrons. The highest BCUT2D eigenvalue weighted by atomic mass is 35.6. The molecule has 0 fully saturated rings. The summed E-state index contributed by atoms with van der Waals surface area (Å²) in [5.74, 6) is 0. The standard InChI is InChI=1S/C13H7Cl5N2O2S/c14-7-3-8(15)5-9(4-7)19-23-12-2-1-10(20(21)22)6-11(12)13(16,17)18/h1-6,19H. The third-order valence-electron chi connectivity index (χ3n) is 2.62. The molecule has 0 aliphatic heterocycles. The minimum atomic E-state index is -1.80. The molecule has 23 heavy (non-hydrogen) atoms. The highest BCUT2D eigenvalue weighted by Crippen LogP contribution is 2.44. The molecule has 0 heterocycles. The van der Waals surface area contributed by atoms with E-state index in [1.807, 2.05) is 0 Å². The molecule has 0 amide bonds. The van der Waals surface area contributed by atoms with Crippen molar-refractivity contribution in [3.05, 3.63) is 62.1 Å². The summed E-state index contributed by atoms with van der Waals surface area (Å²) in [5.41, 5.74) is 0.671. The Balaban J connectivity index is 2.30. The number of hydrogen-bond donors (Lipinski definition) is 1. The van der Waals surface area contributed by atoms with E-state index in [2.05, 4.69) is 4.72 Å². The van der Waals surface area contributed by atoms with Crippen molar-refractivity contribution >= 4 is 81.3 Å². The van der Waals surface area contributed by atoms with E-state index < -0.39 is 8.72 Å². The summed E-state index contributed by atoms with van der Waals surface area (Å²) in [6.07, 6.45) is 0. The molecule has 2 aromatic rings. The molecule has 2 aromatic carbocycles. The van der Waals surface area contributed by atoms with Crippen LogP contribution in [-0.4, -0.2) is 4.92 Å². The van der Waals surface area contributed by atoms with Crippen molar-refractivity contribution in [1.29, 1.82) is 0 Å². The highest BCUT2D eigenvalue weighted by molar-refractivity contribution is 8.00. The van der Waals surface area contributed by atoms with Crippen LogP contribution in [0.25, 0.3) is 0 Å². The van der Waals surface area contributed by atoms with Gasteiger partial charge in [-0.3, -0.25) is 10.1 Å². The fourth-order valence-corrected chi connectivity index (χ4v) is 3.64. The van der Waals surface area contributed by atoms with Gasteiger partial charge in [0.25, 0.3) is 5.69 Å². The Kier molecular flexibility index (Phi) is 6.16. The molecule has 0 saturated heterocycles. The summed E-state index contributed by atoms with van der Waals surface area (Å²) in [6, 6.07) is 8.98. The Morgan fingerprint density at radius 3 is 2.17 bits per heavy atom. The topological polar surface area (TPSA) is 55.2 Å². The molecule has 0 saturated carbocycles. The van der Waals surface area contributed by atoms with Crippen LogP contribution in [0.3, 0.4) is 0 Å². The Bertz CT molecular complexity index is 731. The van der Waals surface area contributed by atoms with Gasteiger partial charge in [0.15, 0.2) is 0 Å². The van der Waals surface area contributed by atoms with Gasteiger partial charge in [-0.1, -0.05) is 58.0 Å². The van der Waals surface area contributed by atoms with E-state index in [1.165, 1.54) is 18.2 Å². The number of halogens is 5. The smallest absolute Gasteiger partial charge is 0.269 e. The quantitative estimate of drug-likeness (QED) is 0.248. The van der Waals surface area contributed by atoms with Gasteiger partial charge in [-0.05, 0) is 36.2 Å². The van der Waals surface area contributed by atoms with Gasteiger partial charge in [0.05, 0.1) is 4.92 Å². The number of hydrogen-bond acceptors (Lipinski definition) is 4. The molecule has 4 nitrogen and oxygen atoms in total. The highest BCUT2D eigenvalue weighted by Gasteiger charge is 2.28. The minimum Gasteiger partial charge on any atom is -0.326 e. The summed E-state index contributed by atoms with van der Waals surface area (Å²) in [5, 5.41) is 11.8. The summed E-state index contributed by atoms with van der Waals surface area (Å²) < 4.78 is 1.20. The van der Waals surface area contributed by atoms with Crippen molar-refractivity contribution in [3.63, 3.8) is 0 Å². The predicted molar refractivity (Wildman–Crippen MR) is 98.3 cm³/mol. The molecule has 0 atom stereocenters. The molecule has 0 spiro atoms. The number of rotatable bonds is 4. The number of benzene rings is 2. The second-order valence-corrected chi connectivity index (χ2v) is 8.30. The van der Waals surface area contributed by atoms with Crippen molar-refractivity contribution in [2.24, 2.45) is 0 Å². The van der Waals surface area contributed by atoms with Crippen molar-refractivity contribution in [2.75, 3.05) is 4.72 Å². The summed E-state index contributed by atoms with van der Waals surface area (Å²) >= 11 is 30.7. The lowest BCUT2D eigenvalue weighted by molar-refractivity contribution is -0.385. The maximum absolute atomic E-state index is 10.9. The Labute approximate surface area is 161 Å². The van der Waals surface area contributed by atoms with Gasteiger partial charge in [-0.15, -0.1) is 0 Å². The number of nitrogens with one attached hydrogen (secondary N) is 1. The number of non-ortho nitro benzene ring substituents is 1. The third-order valence-corrected chi connectivity index (χ3v) is 4.58. The van der Waals surface area contributed by atoms with Crippen molar-refractivity contribution in [1.82, 2.24) is 0 Å². The number of alkyl halides is 3. The number of anilines is 1. The normalized spacial score (nSPS) is 11.3. The fourth-order valence-electron chi connectivity index (χ4n) is 1.67. The minimum absolute atomic E-state index is 0.165. The van der Waals surface area contributed by atoms with E-state index in [0.29, 0.717) is 20.6 Å². The average Bonchev–Trinajstić information content (AvgIpc) is 2.42. The second kappa shape index (κ2) is 7.55. The largest absolute Gasteiger partial charge is 0.326 e. The SMILES string of the molecule is O=[N+]([O-])c1ccc(SNc2cc(Cl)cc(Cl)c2)c(C(Cl)(Cl)Cl)c1. The maximum atomic E-state index is 10.9. The Hall–Kier alpha value is -0.560. The molecule has 0 bridgehead atoms. The molecule has 0 unspecified atom stereocenters. The first-order chi connectivity index (χ1) is 10.7. The van der Waals surface area contributed by atoms with Crippen LogP contribution < -0.4 is 4.72 Å². The van der Waals surface area contributed by atoms with Crippen LogP contribution in [0.4, 0.5) is 11.4 Å². The van der Waals surface area contributed by atoms with E-state index in [0.717, 1.165) is 11.9 Å². The lowest BCUT2D eigenvalue weighted by Crippen LogP contribution is -2.04. The average molecular weight is 433 g/mol. The second-order valence-electron chi connectivity index (χ2n) is 4.30. The van der Waals surface area contributed by atoms with Crippen LogP contribution in [0, 0.1) is 10.1 Å². The first kappa shape index (κ1) is 18.8. The molecule has 1 N–H and O–H groups in total. The van der Waals surface area contributed by atoms with E-state index >= 15 is 0 Å². The lowest BCUT2D eigenvalue weighted by Gasteiger charge is -2.16. The number of nitrogens with zero attached hydrogens (tertiary/aromatic N) is 1. The summed E-state index contributed by atoms with van der Waals surface area (Å²) in [6.45, 7) is 0. The molecule has 122 valence electrons. The predicted octanol–water partition coefficient (Wildman–Crippen LogP) is 6.85. The van der Waals surface area contributed by atoms with Crippen LogP contribution >= 0.6 is 70.0 Å². The van der Waals surface area contributed by atoms with Gasteiger partial charge in [0.2, 0.25) is 3.79 Å². The first-order valence-corrected chi connectivity index (χ1v) is 8.62. The molecule has 0 aromatic heterocycles. The van der Waals surface area contributed by atoms with Crippen molar-refractivity contribution in [3.8, 4) is 0 Å². The third kappa shape index (κ3) is 5.21. The van der Waals surface area contributed by atoms with Gasteiger partial charge in [-0.25, -0.2) is 0 Å². The molecule has 10 heteroatoms. The van der Waals surface area contributed by atoms with Gasteiger partial charge in [0.1, 0.15) is 0 Å². The van der Waals surface area contributed by atoms with Crippen LogP contribution in [0.5, 0.6) is 0 Å². The monoisotopic (exact) mass is 430 g/mol. The first-order valence-electron chi connectivity index (χ1n) is 5.91. The zero-order valence-electron chi connectivity index (χ0n) is 11.0. The van der Waals surface area contributed by atoms with Crippen LogP contribution in [0.2, 0.25) is 10.0 Å². The van der Waals surface area contributed by atoms with Crippen LogP contribution in [0.15, 0.2) is 41.3 Å². The molecule has 0 aliphatic carbocycles. The Morgan fingerprint density at radius 1 is 1.04 bits per heavy atom. The summed E-state index contributed by atoms with van der Waals surface area (Å²) in [4.78, 5) is 10.8. The lowest BCUT2D eigenvalue weighted by atomic mass is 10.2. The van der Waals surface area contributed by atoms with Crippen molar-refractivity contribution in [2.45, 2.75) is 8.69 Å². The summed E-state index contributed by atoms with van der Waals surface area (Å²) in [7, 11) is 0. The van der Waals surface area contributed by atoms with E-state index in [9.17, 15) is 10.1 Å². The van der Waals surface area contributed by atoms with Crippen LogP contribution in [-0.2, 0) is 3.79 Å². The van der Waals surface area contributed by atoms with Crippen molar-refractivity contribution < 1.29 is 4.92 Å². The maximum Gasteiger partial charge on any atom is 0.269 e. The van der Waals surface area contributed by atoms with E-state index in [4.69, 9.17) is 58.0 Å². The Morgan fingerprint density at radius 2 is 1.65 bits per heavy atom. The van der Waals surface area contributed by atoms with Crippen LogP contribution in [0.1, 0.15) is 5.56 Å². The van der Waals surface area contributed by atoms with Gasteiger partial charge < -0.3 is 4.72 Å². The molecule has 0 aliphatic rings. The van der Waals surface area contributed by atoms with Gasteiger partial charge in [0, 0.05) is 38.3 Å². The molecule has 2 rings (SSSR count). The van der Waals surface area contributed by atoms with Gasteiger partial charge in [-0.2, -0.15) is 0 Å². The zero-order valence-corrected chi connectivity index (χ0v) is 15.6. The fraction of sp³-hybridized carbons (Fsp3) is 0.0769. The van der Waals surface area contributed by atoms with Gasteiger partial charge >= 0.3 is 0 Å². The number of nitro groups is 1. The molecular weight excluding hydrogens is 425 g/mol. The van der Waals surface area contributed by atoms with E-state index in [1.54, 1.807) is 18.2 Å². The zero-order chi connectivity index (χ0) is 17.2. The number of nitro benzene ring substituents is 1.